The third-order valence-electron chi connectivity index (χ3n) is 2.69. The number of aliphatic hydroxyl groups excluding tert-OH is 1. The van der Waals surface area contributed by atoms with Gasteiger partial charge >= 0.3 is 6.18 Å². The molecular weight excluding hydrogens is 273 g/mol. The molecule has 1 N–H and O–H groups in total. The molecule has 0 spiro atoms. The van der Waals surface area contributed by atoms with Crippen molar-refractivity contribution in [2.24, 2.45) is 0 Å². The minimum absolute atomic E-state index is 0.108. The van der Waals surface area contributed by atoms with Crippen LogP contribution in [-0.4, -0.2) is 21.4 Å². The van der Waals surface area contributed by atoms with Gasteiger partial charge in [0.2, 0.25) is 11.7 Å². The summed E-state index contributed by atoms with van der Waals surface area (Å²) in [5.41, 5.74) is -0.516. The lowest BCUT2D eigenvalue weighted by molar-refractivity contribution is -0.137. The molecule has 1 aromatic heterocycles. The zero-order chi connectivity index (χ0) is 14.8. The Kier molecular flexibility index (Phi) is 4.08. The first-order valence-corrected chi connectivity index (χ1v) is 6.04. The van der Waals surface area contributed by atoms with E-state index in [9.17, 15) is 13.2 Å². The molecule has 0 bridgehead atoms. The fourth-order valence-corrected chi connectivity index (χ4v) is 1.64. The van der Waals surface area contributed by atoms with Crippen LogP contribution in [0.25, 0.3) is 11.4 Å². The highest BCUT2D eigenvalue weighted by molar-refractivity contribution is 5.55. The molecule has 4 nitrogen and oxygen atoms in total. The summed E-state index contributed by atoms with van der Waals surface area (Å²) in [6.07, 6.45) is -4.08. The van der Waals surface area contributed by atoms with Crippen molar-refractivity contribution in [1.29, 1.82) is 0 Å². The zero-order valence-electron chi connectivity index (χ0n) is 10.7. The van der Waals surface area contributed by atoms with E-state index in [1.807, 2.05) is 0 Å². The van der Waals surface area contributed by atoms with Crippen LogP contribution in [0.3, 0.4) is 0 Å². The van der Waals surface area contributed by atoms with Crippen LogP contribution in [0.15, 0.2) is 28.8 Å². The quantitative estimate of drug-likeness (QED) is 0.938. The van der Waals surface area contributed by atoms with Crippen LogP contribution in [0.1, 0.15) is 24.8 Å². The number of rotatable bonds is 4. The molecule has 0 radical (unpaired) electrons. The Labute approximate surface area is 113 Å². The third kappa shape index (κ3) is 3.57. The predicted octanol–water partition coefficient (Wildman–Crippen LogP) is 3.07. The van der Waals surface area contributed by atoms with Gasteiger partial charge in [-0.25, -0.2) is 0 Å². The maximum atomic E-state index is 12.6. The van der Waals surface area contributed by atoms with Gasteiger partial charge in [0, 0.05) is 12.0 Å². The lowest BCUT2D eigenvalue weighted by atomic mass is 10.1. The van der Waals surface area contributed by atoms with Crippen molar-refractivity contribution in [3.8, 4) is 11.4 Å². The van der Waals surface area contributed by atoms with E-state index < -0.39 is 17.8 Å². The number of alkyl halides is 3. The number of hydrogen-bond acceptors (Lipinski definition) is 4. The molecule has 7 heteroatoms. The standard InChI is InChI=1S/C13H13F3N2O2/c1-8(19)5-6-11-17-12(18-20-11)9-3-2-4-10(7-9)13(14,15)16/h2-4,7-8,19H,5-6H2,1H3. The summed E-state index contributed by atoms with van der Waals surface area (Å²) in [4.78, 5) is 4.02. The molecule has 0 aliphatic carbocycles. The Hall–Kier alpha value is -1.89. The summed E-state index contributed by atoms with van der Waals surface area (Å²) >= 11 is 0. The second-order valence-electron chi connectivity index (χ2n) is 4.48. The van der Waals surface area contributed by atoms with Crippen molar-refractivity contribution < 1.29 is 22.8 Å². The SMILES string of the molecule is CC(O)CCc1nc(-c2cccc(C(F)(F)F)c2)no1. The Balaban J connectivity index is 2.20. The van der Waals surface area contributed by atoms with Crippen LogP contribution in [0.2, 0.25) is 0 Å². The summed E-state index contributed by atoms with van der Waals surface area (Å²) in [5.74, 6) is 0.398. The van der Waals surface area contributed by atoms with Gasteiger partial charge in [0.25, 0.3) is 0 Å². The second-order valence-corrected chi connectivity index (χ2v) is 4.48. The first-order valence-electron chi connectivity index (χ1n) is 6.04. The molecule has 0 saturated heterocycles. The minimum Gasteiger partial charge on any atom is -0.393 e. The van der Waals surface area contributed by atoms with Crippen molar-refractivity contribution >= 4 is 0 Å². The van der Waals surface area contributed by atoms with Gasteiger partial charge in [-0.15, -0.1) is 0 Å². The molecule has 1 atom stereocenters. The fraction of sp³-hybridized carbons (Fsp3) is 0.385. The average Bonchev–Trinajstić information content (AvgIpc) is 2.84. The topological polar surface area (TPSA) is 59.2 Å². The Bertz CT molecular complexity index is 579. The zero-order valence-corrected chi connectivity index (χ0v) is 10.7. The molecule has 2 rings (SSSR count). The third-order valence-corrected chi connectivity index (χ3v) is 2.69. The van der Waals surface area contributed by atoms with Gasteiger partial charge in [-0.05, 0) is 25.5 Å². The number of halogens is 3. The highest BCUT2D eigenvalue weighted by atomic mass is 19.4. The van der Waals surface area contributed by atoms with Crippen LogP contribution in [0.5, 0.6) is 0 Å². The Morgan fingerprint density at radius 1 is 1.35 bits per heavy atom. The van der Waals surface area contributed by atoms with Gasteiger partial charge in [0.05, 0.1) is 11.7 Å². The molecule has 108 valence electrons. The lowest BCUT2D eigenvalue weighted by Gasteiger charge is -2.06. The lowest BCUT2D eigenvalue weighted by Crippen LogP contribution is -2.04. The summed E-state index contributed by atoms with van der Waals surface area (Å²) < 4.78 is 42.8. The second kappa shape index (κ2) is 5.62. The Morgan fingerprint density at radius 3 is 2.75 bits per heavy atom. The highest BCUT2D eigenvalue weighted by Crippen LogP contribution is 2.31. The van der Waals surface area contributed by atoms with Gasteiger partial charge in [-0.2, -0.15) is 18.2 Å². The first-order chi connectivity index (χ1) is 9.36. The molecule has 0 aliphatic rings. The molecule has 0 aliphatic heterocycles. The number of aromatic nitrogens is 2. The Morgan fingerprint density at radius 2 is 2.10 bits per heavy atom. The van der Waals surface area contributed by atoms with E-state index in [0.29, 0.717) is 18.7 Å². The maximum Gasteiger partial charge on any atom is 0.416 e. The molecule has 0 saturated carbocycles. The van der Waals surface area contributed by atoms with E-state index in [0.717, 1.165) is 12.1 Å². The predicted molar refractivity (Wildman–Crippen MR) is 64.7 cm³/mol. The largest absolute Gasteiger partial charge is 0.416 e. The van der Waals surface area contributed by atoms with Crippen LogP contribution in [0.4, 0.5) is 13.2 Å². The van der Waals surface area contributed by atoms with E-state index in [1.54, 1.807) is 6.92 Å². The van der Waals surface area contributed by atoms with Crippen molar-refractivity contribution in [3.05, 3.63) is 35.7 Å². The van der Waals surface area contributed by atoms with Crippen LogP contribution >= 0.6 is 0 Å². The monoisotopic (exact) mass is 286 g/mol. The summed E-state index contributed by atoms with van der Waals surface area (Å²) in [5, 5.41) is 12.8. The van der Waals surface area contributed by atoms with E-state index in [1.165, 1.54) is 12.1 Å². The number of nitrogens with zero attached hydrogens (tertiary/aromatic N) is 2. The van der Waals surface area contributed by atoms with Crippen molar-refractivity contribution in [2.45, 2.75) is 32.0 Å². The molecule has 1 unspecified atom stereocenters. The van der Waals surface area contributed by atoms with E-state index in [4.69, 9.17) is 9.63 Å². The van der Waals surface area contributed by atoms with Gasteiger partial charge in [-0.3, -0.25) is 0 Å². The summed E-state index contributed by atoms with van der Waals surface area (Å²) in [6, 6.07) is 4.74. The molecule has 2 aromatic rings. The van der Waals surface area contributed by atoms with Gasteiger partial charge in [-0.1, -0.05) is 17.3 Å². The summed E-state index contributed by atoms with van der Waals surface area (Å²) in [6.45, 7) is 1.63. The average molecular weight is 286 g/mol. The smallest absolute Gasteiger partial charge is 0.393 e. The van der Waals surface area contributed by atoms with E-state index in [-0.39, 0.29) is 11.4 Å². The molecular formula is C13H13F3N2O2. The number of aliphatic hydroxyl groups is 1. The molecule has 1 heterocycles. The fourth-order valence-electron chi connectivity index (χ4n) is 1.64. The van der Waals surface area contributed by atoms with Crippen molar-refractivity contribution in [2.75, 3.05) is 0 Å². The molecule has 1 aromatic carbocycles. The molecule has 0 amide bonds. The number of benzene rings is 1. The van der Waals surface area contributed by atoms with Crippen LogP contribution < -0.4 is 0 Å². The normalized spacial score (nSPS) is 13.4. The van der Waals surface area contributed by atoms with Gasteiger partial charge in [0.1, 0.15) is 0 Å². The maximum absolute atomic E-state index is 12.6. The van der Waals surface area contributed by atoms with Crippen LogP contribution in [-0.2, 0) is 12.6 Å². The van der Waals surface area contributed by atoms with Crippen LogP contribution in [0, 0.1) is 0 Å². The van der Waals surface area contributed by atoms with Crippen molar-refractivity contribution in [3.63, 3.8) is 0 Å². The number of hydrogen-bond donors (Lipinski definition) is 1. The van der Waals surface area contributed by atoms with Crippen molar-refractivity contribution in [1.82, 2.24) is 10.1 Å². The molecule has 20 heavy (non-hydrogen) atoms. The van der Waals surface area contributed by atoms with E-state index in [2.05, 4.69) is 10.1 Å². The van der Waals surface area contributed by atoms with Gasteiger partial charge < -0.3 is 9.63 Å². The molecule has 0 fully saturated rings. The van der Waals surface area contributed by atoms with E-state index >= 15 is 0 Å². The van der Waals surface area contributed by atoms with Gasteiger partial charge in [0.15, 0.2) is 0 Å². The minimum atomic E-state index is -4.41. The number of aryl methyl sites for hydroxylation is 1. The summed E-state index contributed by atoms with van der Waals surface area (Å²) in [7, 11) is 0. The first kappa shape index (κ1) is 14.5. The highest BCUT2D eigenvalue weighted by Gasteiger charge is 2.30.